The molecule has 2 amide bonds. The summed E-state index contributed by atoms with van der Waals surface area (Å²) in [4.78, 5) is 38.5. The van der Waals surface area contributed by atoms with Gasteiger partial charge >= 0.3 is 5.97 Å². The summed E-state index contributed by atoms with van der Waals surface area (Å²) in [6.07, 6.45) is 9.42. The highest BCUT2D eigenvalue weighted by Gasteiger charge is 2.51. The normalized spacial score (nSPS) is 32.8. The number of aliphatic carboxylic acids is 1. The number of rotatable bonds is 9. The fraction of sp³-hybridized carbons (Fsp3) is 0.710. The molecule has 0 aromatic heterocycles. The molecule has 1 aromatic rings. The van der Waals surface area contributed by atoms with Gasteiger partial charge in [0, 0.05) is 18.7 Å². The van der Waals surface area contributed by atoms with Crippen LogP contribution in [0.25, 0.3) is 0 Å². The van der Waals surface area contributed by atoms with Crippen LogP contribution in [0.1, 0.15) is 94.0 Å². The molecule has 0 spiro atoms. The van der Waals surface area contributed by atoms with Gasteiger partial charge in [0.1, 0.15) is 11.6 Å². The van der Waals surface area contributed by atoms with Gasteiger partial charge in [-0.05, 0) is 106 Å². The van der Waals surface area contributed by atoms with Crippen LogP contribution in [0, 0.1) is 40.3 Å². The van der Waals surface area contributed by atoms with Crippen LogP contribution < -0.4 is 15.4 Å². The van der Waals surface area contributed by atoms with Crippen LogP contribution in [0.2, 0.25) is 0 Å². The first-order chi connectivity index (χ1) is 18.5. The molecule has 4 saturated carbocycles. The SMILES string of the molecule is COc1cc(F)c(CC2CCC(C)(C(=O)O)CC2)cc1C(=O)NC1C2CCC(C2)C1C(=O)NCC1(C)CCC1. The van der Waals surface area contributed by atoms with Crippen molar-refractivity contribution in [2.24, 2.45) is 34.5 Å². The Morgan fingerprint density at radius 1 is 1.05 bits per heavy atom. The van der Waals surface area contributed by atoms with Crippen LogP contribution in [-0.4, -0.2) is 42.6 Å². The van der Waals surface area contributed by atoms with Crippen molar-refractivity contribution in [3.63, 3.8) is 0 Å². The average molecular weight is 543 g/mol. The molecule has 0 radical (unpaired) electrons. The molecule has 39 heavy (non-hydrogen) atoms. The zero-order chi connectivity index (χ0) is 27.9. The van der Waals surface area contributed by atoms with Crippen molar-refractivity contribution in [1.82, 2.24) is 10.6 Å². The van der Waals surface area contributed by atoms with Crippen molar-refractivity contribution in [3.8, 4) is 5.75 Å². The van der Waals surface area contributed by atoms with Crippen molar-refractivity contribution in [3.05, 3.63) is 29.1 Å². The van der Waals surface area contributed by atoms with E-state index in [1.165, 1.54) is 19.6 Å². The van der Waals surface area contributed by atoms with Gasteiger partial charge in [0.15, 0.2) is 0 Å². The number of hydrogen-bond donors (Lipinski definition) is 3. The van der Waals surface area contributed by atoms with Crippen molar-refractivity contribution in [2.45, 2.75) is 90.5 Å². The minimum absolute atomic E-state index is 0.0399. The molecule has 0 heterocycles. The molecule has 7 nitrogen and oxygen atoms in total. The third kappa shape index (κ3) is 5.53. The van der Waals surface area contributed by atoms with Crippen molar-refractivity contribution >= 4 is 17.8 Å². The molecule has 214 valence electrons. The molecule has 5 rings (SSSR count). The summed E-state index contributed by atoms with van der Waals surface area (Å²) in [5, 5.41) is 15.9. The van der Waals surface area contributed by atoms with E-state index in [-0.39, 0.29) is 58.3 Å². The van der Waals surface area contributed by atoms with E-state index in [2.05, 4.69) is 17.6 Å². The van der Waals surface area contributed by atoms with Crippen LogP contribution in [0.4, 0.5) is 4.39 Å². The van der Waals surface area contributed by atoms with E-state index in [9.17, 15) is 19.5 Å². The number of hydrogen-bond acceptors (Lipinski definition) is 4. The van der Waals surface area contributed by atoms with Gasteiger partial charge in [-0.25, -0.2) is 4.39 Å². The maximum absolute atomic E-state index is 15.1. The van der Waals surface area contributed by atoms with E-state index in [0.29, 0.717) is 44.2 Å². The molecule has 4 atom stereocenters. The number of benzene rings is 1. The molecule has 4 fully saturated rings. The van der Waals surface area contributed by atoms with Gasteiger partial charge in [0.25, 0.3) is 5.91 Å². The molecule has 4 aliphatic carbocycles. The van der Waals surface area contributed by atoms with Gasteiger partial charge < -0.3 is 20.5 Å². The van der Waals surface area contributed by atoms with Crippen LogP contribution in [0.5, 0.6) is 5.75 Å². The Balaban J connectivity index is 1.28. The van der Waals surface area contributed by atoms with E-state index < -0.39 is 17.2 Å². The van der Waals surface area contributed by atoms with E-state index in [1.807, 2.05) is 0 Å². The lowest BCUT2D eigenvalue weighted by Gasteiger charge is -2.39. The van der Waals surface area contributed by atoms with Crippen molar-refractivity contribution in [2.75, 3.05) is 13.7 Å². The second-order valence-electron chi connectivity index (χ2n) is 13.4. The van der Waals surface area contributed by atoms with Gasteiger partial charge in [0.2, 0.25) is 5.91 Å². The molecular formula is C31H43FN2O5. The Labute approximate surface area is 230 Å². The fourth-order valence-electron chi connectivity index (χ4n) is 7.63. The average Bonchev–Trinajstić information content (AvgIpc) is 3.50. The smallest absolute Gasteiger partial charge is 0.309 e. The summed E-state index contributed by atoms with van der Waals surface area (Å²) in [5.74, 6) is -0.849. The van der Waals surface area contributed by atoms with E-state index >= 15 is 4.39 Å². The summed E-state index contributed by atoms with van der Waals surface area (Å²) in [6.45, 7) is 4.68. The third-order valence-corrected chi connectivity index (χ3v) is 10.6. The second-order valence-corrected chi connectivity index (χ2v) is 13.4. The maximum Gasteiger partial charge on any atom is 0.309 e. The summed E-state index contributed by atoms with van der Waals surface area (Å²) < 4.78 is 20.5. The minimum Gasteiger partial charge on any atom is -0.496 e. The highest BCUT2D eigenvalue weighted by Crippen LogP contribution is 2.49. The highest BCUT2D eigenvalue weighted by atomic mass is 19.1. The van der Waals surface area contributed by atoms with Gasteiger partial charge in [-0.2, -0.15) is 0 Å². The number of carbonyl (C=O) groups excluding carboxylic acids is 2. The second kappa shape index (κ2) is 10.7. The first-order valence-electron chi connectivity index (χ1n) is 14.7. The van der Waals surface area contributed by atoms with Gasteiger partial charge in [-0.15, -0.1) is 0 Å². The number of amides is 2. The number of halogens is 1. The summed E-state index contributed by atoms with van der Waals surface area (Å²) >= 11 is 0. The predicted octanol–water partition coefficient (Wildman–Crippen LogP) is 5.11. The Hall–Kier alpha value is -2.64. The van der Waals surface area contributed by atoms with Crippen LogP contribution in [-0.2, 0) is 16.0 Å². The van der Waals surface area contributed by atoms with E-state index in [4.69, 9.17) is 4.74 Å². The number of ether oxygens (including phenoxy) is 1. The molecular weight excluding hydrogens is 499 g/mol. The zero-order valence-electron chi connectivity index (χ0n) is 23.5. The van der Waals surface area contributed by atoms with E-state index in [1.54, 1.807) is 13.0 Å². The topological polar surface area (TPSA) is 105 Å². The summed E-state index contributed by atoms with van der Waals surface area (Å²) in [6, 6.07) is 2.63. The largest absolute Gasteiger partial charge is 0.496 e. The lowest BCUT2D eigenvalue weighted by molar-refractivity contribution is -0.150. The monoisotopic (exact) mass is 542 g/mol. The number of fused-ring (bicyclic) bond motifs is 2. The first kappa shape index (κ1) is 27.9. The molecule has 0 aliphatic heterocycles. The minimum atomic E-state index is -0.777. The Morgan fingerprint density at radius 2 is 1.74 bits per heavy atom. The van der Waals surface area contributed by atoms with Gasteiger partial charge in [0.05, 0.1) is 24.0 Å². The predicted molar refractivity (Wildman–Crippen MR) is 145 cm³/mol. The van der Waals surface area contributed by atoms with E-state index in [0.717, 1.165) is 32.1 Å². The lowest BCUT2D eigenvalue weighted by Crippen LogP contribution is -2.51. The molecule has 1 aromatic carbocycles. The number of methoxy groups -OCH3 is 1. The standard InChI is InChI=1S/C31H43FN2O5/c1-30(9-4-10-30)17-33-28(36)25-19-5-6-20(14-19)26(25)34-27(35)22-15-21(23(32)16-24(22)39-3)13-18-7-11-31(2,12-8-18)29(37)38/h15-16,18-20,25-26H,4-14,17H2,1-3H3,(H,33,36)(H,34,35)(H,37,38). The van der Waals surface area contributed by atoms with Gasteiger partial charge in [-0.3, -0.25) is 14.4 Å². The van der Waals surface area contributed by atoms with Crippen LogP contribution >= 0.6 is 0 Å². The lowest BCUT2D eigenvalue weighted by atomic mass is 9.70. The molecule has 4 aliphatic rings. The first-order valence-corrected chi connectivity index (χ1v) is 14.7. The number of nitrogens with one attached hydrogen (secondary N) is 2. The number of carboxylic acids is 1. The molecule has 0 saturated heterocycles. The Morgan fingerprint density at radius 3 is 2.36 bits per heavy atom. The van der Waals surface area contributed by atoms with Crippen molar-refractivity contribution in [1.29, 1.82) is 0 Å². The van der Waals surface area contributed by atoms with Crippen LogP contribution in [0.3, 0.4) is 0 Å². The molecule has 8 heteroatoms. The zero-order valence-corrected chi connectivity index (χ0v) is 23.5. The van der Waals surface area contributed by atoms with Gasteiger partial charge in [-0.1, -0.05) is 13.3 Å². The highest BCUT2D eigenvalue weighted by molar-refractivity contribution is 5.98. The molecule has 3 N–H and O–H groups in total. The number of carboxylic acid groups (broad SMARTS) is 1. The quantitative estimate of drug-likeness (QED) is 0.402. The molecule has 4 unspecified atom stereocenters. The Kier molecular flexibility index (Phi) is 7.68. The van der Waals surface area contributed by atoms with Crippen molar-refractivity contribution < 1.29 is 28.6 Å². The summed E-state index contributed by atoms with van der Waals surface area (Å²) in [7, 11) is 1.42. The summed E-state index contributed by atoms with van der Waals surface area (Å²) in [5.41, 5.74) is 0.193. The fourth-order valence-corrected chi connectivity index (χ4v) is 7.63. The Bertz CT molecular complexity index is 1120. The maximum atomic E-state index is 15.1. The number of carbonyl (C=O) groups is 3. The van der Waals surface area contributed by atoms with Crippen LogP contribution in [0.15, 0.2) is 12.1 Å². The third-order valence-electron chi connectivity index (χ3n) is 10.6. The molecule has 2 bridgehead atoms.